The van der Waals surface area contributed by atoms with Gasteiger partial charge in [-0.1, -0.05) is 39.3 Å². The molecule has 0 aliphatic rings. The van der Waals surface area contributed by atoms with Crippen LogP contribution < -0.4 is 4.74 Å². The molecule has 0 amide bonds. The number of ether oxygens (including phenoxy) is 1. The monoisotopic (exact) mass is 252 g/mol. The Bertz CT molecular complexity index is 294. The molecule has 1 rings (SSSR count). The number of hydrogen-bond donors (Lipinski definition) is 0. The van der Waals surface area contributed by atoms with Gasteiger partial charge in [0.2, 0.25) is 0 Å². The maximum Gasteiger partial charge on any atom is 0.119 e. The van der Waals surface area contributed by atoms with Crippen molar-refractivity contribution in [2.75, 3.05) is 5.75 Å². The van der Waals surface area contributed by atoms with Crippen LogP contribution in [0.2, 0.25) is 0 Å². The second-order valence-electron chi connectivity index (χ2n) is 4.22. The molecule has 0 N–H and O–H groups in total. The van der Waals surface area contributed by atoms with Crippen LogP contribution in [0.15, 0.2) is 24.3 Å². The highest BCUT2D eigenvalue weighted by atomic mass is 32.2. The molecule has 0 fully saturated rings. The summed E-state index contributed by atoms with van der Waals surface area (Å²) < 4.78 is 5.96. The Morgan fingerprint density at radius 3 is 2.35 bits per heavy atom. The van der Waals surface area contributed by atoms with Gasteiger partial charge < -0.3 is 4.74 Å². The highest BCUT2D eigenvalue weighted by Gasteiger charge is 2.06. The van der Waals surface area contributed by atoms with Gasteiger partial charge in [-0.2, -0.15) is 11.8 Å². The third-order valence-electron chi connectivity index (χ3n) is 2.76. The van der Waals surface area contributed by atoms with E-state index in [-0.39, 0.29) is 0 Å². The summed E-state index contributed by atoms with van der Waals surface area (Å²) in [4.78, 5) is 0. The van der Waals surface area contributed by atoms with Crippen LogP contribution in [-0.2, 0) is 5.75 Å². The Hall–Kier alpha value is -0.630. The fraction of sp³-hybridized carbons (Fsp3) is 0.600. The lowest BCUT2D eigenvalue weighted by Crippen LogP contribution is -2.14. The standard InChI is InChI=1S/C15H24OS/c1-4-7-14(5-2)16-15-10-8-13(9-11-15)12-17-6-3/h8-11,14H,4-7,12H2,1-3H3. The molecular formula is C15H24OS. The van der Waals surface area contributed by atoms with Gasteiger partial charge in [-0.05, 0) is 36.3 Å². The molecule has 0 saturated carbocycles. The molecule has 0 bridgehead atoms. The summed E-state index contributed by atoms with van der Waals surface area (Å²) in [6, 6.07) is 8.56. The molecular weight excluding hydrogens is 228 g/mol. The first-order valence-corrected chi connectivity index (χ1v) is 7.78. The van der Waals surface area contributed by atoms with E-state index >= 15 is 0 Å². The van der Waals surface area contributed by atoms with Crippen molar-refractivity contribution >= 4 is 11.8 Å². The Morgan fingerprint density at radius 1 is 1.12 bits per heavy atom. The van der Waals surface area contributed by atoms with E-state index in [2.05, 4.69) is 45.0 Å². The second kappa shape index (κ2) is 8.46. The summed E-state index contributed by atoms with van der Waals surface area (Å²) in [5.74, 6) is 3.28. The molecule has 1 aromatic carbocycles. The Kier molecular flexibility index (Phi) is 7.18. The number of thioether (sulfide) groups is 1. The van der Waals surface area contributed by atoms with Crippen LogP contribution in [0.4, 0.5) is 0 Å². The van der Waals surface area contributed by atoms with Gasteiger partial charge in [0.25, 0.3) is 0 Å². The third-order valence-corrected chi connectivity index (χ3v) is 3.71. The average Bonchev–Trinajstić information content (AvgIpc) is 2.37. The fourth-order valence-corrected chi connectivity index (χ4v) is 2.38. The van der Waals surface area contributed by atoms with Crippen LogP contribution >= 0.6 is 11.8 Å². The lowest BCUT2D eigenvalue weighted by atomic mass is 10.1. The van der Waals surface area contributed by atoms with Crippen molar-refractivity contribution in [2.45, 2.75) is 51.9 Å². The molecule has 96 valence electrons. The smallest absolute Gasteiger partial charge is 0.119 e. The van der Waals surface area contributed by atoms with Crippen LogP contribution in [0.5, 0.6) is 5.75 Å². The summed E-state index contributed by atoms with van der Waals surface area (Å²) in [6.07, 6.45) is 3.78. The fourth-order valence-electron chi connectivity index (χ4n) is 1.74. The van der Waals surface area contributed by atoms with E-state index in [1.807, 2.05) is 11.8 Å². The van der Waals surface area contributed by atoms with Crippen LogP contribution in [0.3, 0.4) is 0 Å². The zero-order chi connectivity index (χ0) is 12.5. The zero-order valence-corrected chi connectivity index (χ0v) is 12.1. The molecule has 1 unspecified atom stereocenters. The third kappa shape index (κ3) is 5.49. The van der Waals surface area contributed by atoms with Gasteiger partial charge in [0.15, 0.2) is 0 Å². The number of rotatable bonds is 8. The molecule has 17 heavy (non-hydrogen) atoms. The summed E-state index contributed by atoms with van der Waals surface area (Å²) in [5, 5.41) is 0. The van der Waals surface area contributed by atoms with Crippen molar-refractivity contribution in [3.8, 4) is 5.75 Å². The number of benzene rings is 1. The molecule has 1 aromatic rings. The summed E-state index contributed by atoms with van der Waals surface area (Å²) >= 11 is 1.95. The van der Waals surface area contributed by atoms with E-state index in [9.17, 15) is 0 Å². The van der Waals surface area contributed by atoms with Crippen molar-refractivity contribution < 1.29 is 4.74 Å². The first kappa shape index (κ1) is 14.4. The lowest BCUT2D eigenvalue weighted by molar-refractivity contribution is 0.185. The maximum absolute atomic E-state index is 5.96. The van der Waals surface area contributed by atoms with E-state index in [0.717, 1.165) is 24.3 Å². The SMILES string of the molecule is CCCC(CC)Oc1ccc(CSCC)cc1. The van der Waals surface area contributed by atoms with Crippen LogP contribution in [-0.4, -0.2) is 11.9 Å². The van der Waals surface area contributed by atoms with Gasteiger partial charge in [0.05, 0.1) is 6.10 Å². The quantitative estimate of drug-likeness (QED) is 0.651. The predicted molar refractivity (Wildman–Crippen MR) is 77.9 cm³/mol. The summed E-state index contributed by atoms with van der Waals surface area (Å²) in [5.41, 5.74) is 1.38. The molecule has 0 aromatic heterocycles. The van der Waals surface area contributed by atoms with Gasteiger partial charge in [-0.15, -0.1) is 0 Å². The van der Waals surface area contributed by atoms with Crippen molar-refractivity contribution in [3.63, 3.8) is 0 Å². The predicted octanol–water partition coefficient (Wildman–Crippen LogP) is 4.90. The van der Waals surface area contributed by atoms with Crippen LogP contribution in [0, 0.1) is 0 Å². The second-order valence-corrected chi connectivity index (χ2v) is 5.49. The highest BCUT2D eigenvalue weighted by molar-refractivity contribution is 7.98. The minimum atomic E-state index is 0.371. The molecule has 0 radical (unpaired) electrons. The molecule has 1 atom stereocenters. The van der Waals surface area contributed by atoms with Crippen LogP contribution in [0.1, 0.15) is 45.6 Å². The van der Waals surface area contributed by atoms with E-state index in [4.69, 9.17) is 4.74 Å². The van der Waals surface area contributed by atoms with Crippen molar-refractivity contribution in [2.24, 2.45) is 0 Å². The normalized spacial score (nSPS) is 12.4. The Morgan fingerprint density at radius 2 is 1.82 bits per heavy atom. The first-order chi connectivity index (χ1) is 8.30. The van der Waals surface area contributed by atoms with Gasteiger partial charge in [-0.25, -0.2) is 0 Å². The van der Waals surface area contributed by atoms with Crippen molar-refractivity contribution in [1.82, 2.24) is 0 Å². The molecule has 0 saturated heterocycles. The number of hydrogen-bond acceptors (Lipinski definition) is 2. The van der Waals surface area contributed by atoms with Gasteiger partial charge in [-0.3, -0.25) is 0 Å². The largest absolute Gasteiger partial charge is 0.490 e. The molecule has 0 aliphatic carbocycles. The maximum atomic E-state index is 5.96. The van der Waals surface area contributed by atoms with Gasteiger partial charge >= 0.3 is 0 Å². The molecule has 0 aliphatic heterocycles. The van der Waals surface area contributed by atoms with E-state index < -0.39 is 0 Å². The van der Waals surface area contributed by atoms with Crippen LogP contribution in [0.25, 0.3) is 0 Å². The van der Waals surface area contributed by atoms with E-state index in [0.29, 0.717) is 6.10 Å². The summed E-state index contributed by atoms with van der Waals surface area (Å²) in [7, 11) is 0. The molecule has 2 heteroatoms. The average molecular weight is 252 g/mol. The Labute approximate surface area is 110 Å². The van der Waals surface area contributed by atoms with Crippen molar-refractivity contribution in [3.05, 3.63) is 29.8 Å². The molecule has 1 nitrogen and oxygen atoms in total. The minimum Gasteiger partial charge on any atom is -0.490 e. The molecule has 0 heterocycles. The highest BCUT2D eigenvalue weighted by Crippen LogP contribution is 2.19. The summed E-state index contributed by atoms with van der Waals surface area (Å²) in [6.45, 7) is 6.59. The first-order valence-electron chi connectivity index (χ1n) is 6.63. The van der Waals surface area contributed by atoms with Gasteiger partial charge in [0, 0.05) is 5.75 Å². The zero-order valence-electron chi connectivity index (χ0n) is 11.2. The van der Waals surface area contributed by atoms with Gasteiger partial charge in [0.1, 0.15) is 5.75 Å². The Balaban J connectivity index is 2.49. The molecule has 0 spiro atoms. The van der Waals surface area contributed by atoms with Crippen molar-refractivity contribution in [1.29, 1.82) is 0 Å². The van der Waals surface area contributed by atoms with E-state index in [1.54, 1.807) is 0 Å². The topological polar surface area (TPSA) is 9.23 Å². The van der Waals surface area contributed by atoms with E-state index in [1.165, 1.54) is 17.7 Å². The lowest BCUT2D eigenvalue weighted by Gasteiger charge is -2.16. The minimum absolute atomic E-state index is 0.371.